The highest BCUT2D eigenvalue weighted by Gasteiger charge is 2.34. The number of aromatic nitrogens is 2. The van der Waals surface area contributed by atoms with Crippen LogP contribution in [0.5, 0.6) is 0 Å². The largest absolute Gasteiger partial charge is 0.340 e. The molecule has 1 aromatic heterocycles. The molecule has 1 unspecified atom stereocenters. The minimum absolute atomic E-state index is 0.656. The zero-order chi connectivity index (χ0) is 11.0. The van der Waals surface area contributed by atoms with Crippen LogP contribution in [0.4, 0.5) is 0 Å². The third-order valence-electron chi connectivity index (χ3n) is 3.42. The second kappa shape index (κ2) is 4.14. The number of nitrogens with zero attached hydrogens (tertiary/aromatic N) is 3. The summed E-state index contributed by atoms with van der Waals surface area (Å²) in [6.07, 6.45) is 2.79. The Morgan fingerprint density at radius 1 is 1.50 bits per heavy atom. The third kappa shape index (κ3) is 2.25. The fraction of sp³-hybridized carbons (Fsp3) is 0.818. The van der Waals surface area contributed by atoms with Crippen molar-refractivity contribution in [3.05, 3.63) is 11.7 Å². The Hall–Kier alpha value is -0.940. The van der Waals surface area contributed by atoms with Gasteiger partial charge in [-0.2, -0.15) is 4.98 Å². The zero-order valence-corrected chi connectivity index (χ0v) is 9.65. The molecule has 0 radical (unpaired) electrons. The Bertz CT molecular complexity index is 361. The highest BCUT2D eigenvalue weighted by atomic mass is 16.5. The maximum atomic E-state index is 4.99. The summed E-state index contributed by atoms with van der Waals surface area (Å²) < 4.78 is 4.99. The van der Waals surface area contributed by atoms with Crippen LogP contribution < -0.4 is 5.32 Å². The molecule has 1 atom stereocenters. The van der Waals surface area contributed by atoms with E-state index in [1.54, 1.807) is 0 Å². The Morgan fingerprint density at radius 2 is 2.38 bits per heavy atom. The van der Waals surface area contributed by atoms with Gasteiger partial charge in [-0.05, 0) is 18.8 Å². The second-order valence-corrected chi connectivity index (χ2v) is 4.86. The molecule has 88 valence electrons. The molecule has 1 aliphatic heterocycles. The van der Waals surface area contributed by atoms with Gasteiger partial charge < -0.3 is 9.84 Å². The fourth-order valence-corrected chi connectivity index (χ4v) is 2.41. The maximum absolute atomic E-state index is 4.99. The van der Waals surface area contributed by atoms with Gasteiger partial charge in [0.25, 0.3) is 0 Å². The predicted octanol–water partition coefficient (Wildman–Crippen LogP) is 0.562. The molecule has 0 amide bonds. The fourth-order valence-electron chi connectivity index (χ4n) is 2.41. The van der Waals surface area contributed by atoms with Gasteiger partial charge in [0.1, 0.15) is 0 Å². The second-order valence-electron chi connectivity index (χ2n) is 4.86. The van der Waals surface area contributed by atoms with Gasteiger partial charge in [0.15, 0.2) is 5.82 Å². The molecule has 1 aliphatic carbocycles. The molecule has 16 heavy (non-hydrogen) atoms. The van der Waals surface area contributed by atoms with E-state index in [4.69, 9.17) is 4.52 Å². The molecule has 2 heterocycles. The van der Waals surface area contributed by atoms with Gasteiger partial charge in [0.2, 0.25) is 5.89 Å². The molecule has 5 heteroatoms. The van der Waals surface area contributed by atoms with Crippen molar-refractivity contribution in [2.24, 2.45) is 5.92 Å². The molecule has 5 nitrogen and oxygen atoms in total. The van der Waals surface area contributed by atoms with Crippen molar-refractivity contribution in [3.63, 3.8) is 0 Å². The minimum Gasteiger partial charge on any atom is -0.340 e. The van der Waals surface area contributed by atoms with Gasteiger partial charge >= 0.3 is 0 Å². The zero-order valence-electron chi connectivity index (χ0n) is 9.65. The third-order valence-corrected chi connectivity index (χ3v) is 3.42. The van der Waals surface area contributed by atoms with Crippen LogP contribution >= 0.6 is 0 Å². The van der Waals surface area contributed by atoms with E-state index in [0.717, 1.165) is 37.9 Å². The number of rotatable bonds is 3. The number of piperazine rings is 1. The lowest BCUT2D eigenvalue weighted by molar-refractivity contribution is 0.176. The predicted molar refractivity (Wildman–Crippen MR) is 58.8 cm³/mol. The summed E-state index contributed by atoms with van der Waals surface area (Å²) in [6.45, 7) is 5.94. The average Bonchev–Trinajstić information content (AvgIpc) is 3.05. The van der Waals surface area contributed by atoms with E-state index in [1.165, 1.54) is 12.8 Å². The van der Waals surface area contributed by atoms with Crippen molar-refractivity contribution < 1.29 is 4.52 Å². The first-order valence-electron chi connectivity index (χ1n) is 6.06. The Balaban J connectivity index is 1.57. The molecule has 0 aromatic carbocycles. The topological polar surface area (TPSA) is 54.2 Å². The Labute approximate surface area is 95.2 Å². The highest BCUT2D eigenvalue weighted by Crippen LogP contribution is 2.33. The van der Waals surface area contributed by atoms with Crippen molar-refractivity contribution in [2.45, 2.75) is 32.4 Å². The van der Waals surface area contributed by atoms with E-state index in [9.17, 15) is 0 Å². The van der Waals surface area contributed by atoms with E-state index in [0.29, 0.717) is 11.9 Å². The van der Waals surface area contributed by atoms with Crippen LogP contribution in [-0.4, -0.2) is 40.7 Å². The summed E-state index contributed by atoms with van der Waals surface area (Å²) >= 11 is 0. The van der Waals surface area contributed by atoms with Crippen LogP contribution in [0.1, 0.15) is 24.6 Å². The molecule has 1 N–H and O–H groups in total. The van der Waals surface area contributed by atoms with Gasteiger partial charge in [-0.1, -0.05) is 5.16 Å². The lowest BCUT2D eigenvalue weighted by Gasteiger charge is -2.33. The number of aryl methyl sites for hydroxylation is 1. The van der Waals surface area contributed by atoms with E-state index in [2.05, 4.69) is 20.4 Å². The molecule has 3 rings (SSSR count). The first-order valence-corrected chi connectivity index (χ1v) is 6.06. The van der Waals surface area contributed by atoms with Gasteiger partial charge in [0.05, 0.1) is 6.54 Å². The number of nitrogens with one attached hydrogen (secondary N) is 1. The van der Waals surface area contributed by atoms with Crippen LogP contribution in [0.2, 0.25) is 0 Å². The summed E-state index contributed by atoms with van der Waals surface area (Å²) in [5.41, 5.74) is 0. The first-order chi connectivity index (χ1) is 7.81. The molecule has 2 fully saturated rings. The molecular formula is C11H18N4O. The standard InChI is InChI=1S/C11H18N4O/c1-8-13-11(14-16-8)7-15-5-4-12-10(6-15)9-2-3-9/h9-10,12H,2-7H2,1H3. The van der Waals surface area contributed by atoms with E-state index < -0.39 is 0 Å². The van der Waals surface area contributed by atoms with Gasteiger partial charge in [0, 0.05) is 32.6 Å². The van der Waals surface area contributed by atoms with Crippen LogP contribution in [0.15, 0.2) is 4.52 Å². The summed E-state index contributed by atoms with van der Waals surface area (Å²) in [4.78, 5) is 6.67. The first kappa shape index (κ1) is 10.2. The Morgan fingerprint density at radius 3 is 3.06 bits per heavy atom. The molecule has 0 bridgehead atoms. The van der Waals surface area contributed by atoms with Crippen LogP contribution in [0.3, 0.4) is 0 Å². The van der Waals surface area contributed by atoms with Crippen LogP contribution in [-0.2, 0) is 6.54 Å². The lowest BCUT2D eigenvalue weighted by atomic mass is 10.1. The van der Waals surface area contributed by atoms with Crippen LogP contribution in [0.25, 0.3) is 0 Å². The van der Waals surface area contributed by atoms with Crippen molar-refractivity contribution in [1.29, 1.82) is 0 Å². The van der Waals surface area contributed by atoms with Crippen molar-refractivity contribution in [2.75, 3.05) is 19.6 Å². The summed E-state index contributed by atoms with van der Waals surface area (Å²) in [5.74, 6) is 2.38. The van der Waals surface area contributed by atoms with Gasteiger partial charge in [-0.25, -0.2) is 0 Å². The highest BCUT2D eigenvalue weighted by molar-refractivity contribution is 4.93. The van der Waals surface area contributed by atoms with E-state index >= 15 is 0 Å². The average molecular weight is 222 g/mol. The number of hydrogen-bond donors (Lipinski definition) is 1. The molecule has 1 aromatic rings. The summed E-state index contributed by atoms with van der Waals surface area (Å²) in [7, 11) is 0. The van der Waals surface area contributed by atoms with Gasteiger partial charge in [-0.3, -0.25) is 4.90 Å². The monoisotopic (exact) mass is 222 g/mol. The molecule has 1 saturated carbocycles. The maximum Gasteiger partial charge on any atom is 0.223 e. The van der Waals surface area contributed by atoms with E-state index in [1.807, 2.05) is 6.92 Å². The van der Waals surface area contributed by atoms with Crippen LogP contribution in [0, 0.1) is 12.8 Å². The quantitative estimate of drug-likeness (QED) is 0.810. The van der Waals surface area contributed by atoms with Crippen molar-refractivity contribution in [3.8, 4) is 0 Å². The molecular weight excluding hydrogens is 204 g/mol. The summed E-state index contributed by atoms with van der Waals surface area (Å²) in [6, 6.07) is 0.682. The Kier molecular flexibility index (Phi) is 2.65. The van der Waals surface area contributed by atoms with Crippen molar-refractivity contribution >= 4 is 0 Å². The van der Waals surface area contributed by atoms with E-state index in [-0.39, 0.29) is 0 Å². The smallest absolute Gasteiger partial charge is 0.223 e. The molecule has 2 aliphatic rings. The molecule has 1 saturated heterocycles. The summed E-state index contributed by atoms with van der Waals surface area (Å²) in [5, 5.41) is 7.54. The normalized spacial score (nSPS) is 27.2. The van der Waals surface area contributed by atoms with Gasteiger partial charge in [-0.15, -0.1) is 0 Å². The SMILES string of the molecule is Cc1nc(CN2CCNC(C3CC3)C2)no1. The molecule has 0 spiro atoms. The minimum atomic E-state index is 0.656. The van der Waals surface area contributed by atoms with Crippen molar-refractivity contribution in [1.82, 2.24) is 20.4 Å². The lowest BCUT2D eigenvalue weighted by Crippen LogP contribution is -2.51. The number of hydrogen-bond acceptors (Lipinski definition) is 5.